The van der Waals surface area contributed by atoms with Crippen LogP contribution in [0.5, 0.6) is 0 Å². The SMILES string of the molecule is Cc1cc2c(C)cccc2nc1Cl. The largest absolute Gasteiger partial charge is 0.236 e. The molecule has 0 radical (unpaired) electrons. The molecular weight excluding hydrogens is 182 g/mol. The van der Waals surface area contributed by atoms with Gasteiger partial charge in [-0.15, -0.1) is 0 Å². The third-order valence-electron chi connectivity index (χ3n) is 2.21. The first-order chi connectivity index (χ1) is 6.18. The number of benzene rings is 1. The molecule has 1 aromatic carbocycles. The van der Waals surface area contributed by atoms with E-state index in [1.165, 1.54) is 10.9 Å². The Balaban J connectivity index is 2.89. The van der Waals surface area contributed by atoms with Crippen molar-refractivity contribution in [2.75, 3.05) is 0 Å². The van der Waals surface area contributed by atoms with Gasteiger partial charge in [-0.3, -0.25) is 0 Å². The summed E-state index contributed by atoms with van der Waals surface area (Å²) >= 11 is 5.93. The molecule has 1 aromatic heterocycles. The van der Waals surface area contributed by atoms with Crippen molar-refractivity contribution >= 4 is 22.5 Å². The third kappa shape index (κ3) is 1.40. The van der Waals surface area contributed by atoms with E-state index in [9.17, 15) is 0 Å². The summed E-state index contributed by atoms with van der Waals surface area (Å²) < 4.78 is 0. The Morgan fingerprint density at radius 1 is 1.15 bits per heavy atom. The van der Waals surface area contributed by atoms with Crippen molar-refractivity contribution in [2.45, 2.75) is 13.8 Å². The zero-order valence-electron chi connectivity index (χ0n) is 7.63. The summed E-state index contributed by atoms with van der Waals surface area (Å²) in [7, 11) is 0. The van der Waals surface area contributed by atoms with Gasteiger partial charge in [0.1, 0.15) is 5.15 Å². The van der Waals surface area contributed by atoms with Crippen LogP contribution in [-0.4, -0.2) is 4.98 Å². The van der Waals surface area contributed by atoms with Gasteiger partial charge in [-0.2, -0.15) is 0 Å². The molecule has 0 amide bonds. The third-order valence-corrected chi connectivity index (χ3v) is 2.59. The summed E-state index contributed by atoms with van der Waals surface area (Å²) in [5.41, 5.74) is 3.24. The van der Waals surface area contributed by atoms with Crippen LogP contribution in [-0.2, 0) is 0 Å². The maximum Gasteiger partial charge on any atom is 0.132 e. The minimum Gasteiger partial charge on any atom is -0.236 e. The molecule has 0 bridgehead atoms. The molecule has 0 saturated carbocycles. The van der Waals surface area contributed by atoms with Gasteiger partial charge in [0.15, 0.2) is 0 Å². The van der Waals surface area contributed by atoms with E-state index in [4.69, 9.17) is 11.6 Å². The van der Waals surface area contributed by atoms with Crippen LogP contribution in [0.2, 0.25) is 5.15 Å². The van der Waals surface area contributed by atoms with Crippen molar-refractivity contribution in [1.29, 1.82) is 0 Å². The maximum absolute atomic E-state index is 5.93. The normalized spacial score (nSPS) is 10.7. The van der Waals surface area contributed by atoms with E-state index in [1.807, 2.05) is 19.1 Å². The lowest BCUT2D eigenvalue weighted by Crippen LogP contribution is -1.86. The van der Waals surface area contributed by atoms with E-state index >= 15 is 0 Å². The van der Waals surface area contributed by atoms with E-state index in [-0.39, 0.29) is 0 Å². The predicted molar refractivity (Wildman–Crippen MR) is 56.2 cm³/mol. The average Bonchev–Trinajstić information content (AvgIpc) is 2.09. The molecule has 66 valence electrons. The van der Waals surface area contributed by atoms with Crippen molar-refractivity contribution in [3.05, 3.63) is 40.5 Å². The Kier molecular flexibility index (Phi) is 1.97. The molecule has 0 fully saturated rings. The highest BCUT2D eigenvalue weighted by Gasteiger charge is 2.01. The van der Waals surface area contributed by atoms with E-state index in [2.05, 4.69) is 24.0 Å². The van der Waals surface area contributed by atoms with E-state index < -0.39 is 0 Å². The van der Waals surface area contributed by atoms with Crippen molar-refractivity contribution in [3.63, 3.8) is 0 Å². The van der Waals surface area contributed by atoms with Gasteiger partial charge in [0.05, 0.1) is 5.52 Å². The van der Waals surface area contributed by atoms with Gasteiger partial charge in [0, 0.05) is 5.39 Å². The number of nitrogens with zero attached hydrogens (tertiary/aromatic N) is 1. The highest BCUT2D eigenvalue weighted by atomic mass is 35.5. The fraction of sp³-hybridized carbons (Fsp3) is 0.182. The molecule has 13 heavy (non-hydrogen) atoms. The van der Waals surface area contributed by atoms with E-state index in [0.717, 1.165) is 11.1 Å². The molecule has 0 N–H and O–H groups in total. The Morgan fingerprint density at radius 2 is 1.92 bits per heavy atom. The zero-order valence-corrected chi connectivity index (χ0v) is 8.39. The number of halogens is 1. The van der Waals surface area contributed by atoms with Crippen LogP contribution in [0.3, 0.4) is 0 Å². The Labute approximate surface area is 82.4 Å². The molecule has 0 unspecified atom stereocenters. The number of fused-ring (bicyclic) bond motifs is 1. The zero-order chi connectivity index (χ0) is 9.42. The molecule has 1 heterocycles. The van der Waals surface area contributed by atoms with Crippen LogP contribution in [0.25, 0.3) is 10.9 Å². The standard InChI is InChI=1S/C11H10ClN/c1-7-4-3-5-10-9(7)6-8(2)11(12)13-10/h3-6H,1-2H3. The van der Waals surface area contributed by atoms with Crippen LogP contribution in [0, 0.1) is 13.8 Å². The molecule has 0 spiro atoms. The van der Waals surface area contributed by atoms with Gasteiger partial charge < -0.3 is 0 Å². The lowest BCUT2D eigenvalue weighted by molar-refractivity contribution is 1.32. The van der Waals surface area contributed by atoms with Crippen molar-refractivity contribution < 1.29 is 0 Å². The maximum atomic E-state index is 5.93. The number of rotatable bonds is 0. The number of aryl methyl sites for hydroxylation is 2. The quantitative estimate of drug-likeness (QED) is 0.581. The van der Waals surface area contributed by atoms with Crippen LogP contribution in [0.1, 0.15) is 11.1 Å². The second-order valence-electron chi connectivity index (χ2n) is 3.24. The first kappa shape index (κ1) is 8.52. The van der Waals surface area contributed by atoms with E-state index in [0.29, 0.717) is 5.15 Å². The minimum absolute atomic E-state index is 0.595. The summed E-state index contributed by atoms with van der Waals surface area (Å²) in [5, 5.41) is 1.78. The van der Waals surface area contributed by atoms with Crippen LogP contribution < -0.4 is 0 Å². The number of hydrogen-bond donors (Lipinski definition) is 0. The van der Waals surface area contributed by atoms with Gasteiger partial charge in [0.2, 0.25) is 0 Å². The Hall–Kier alpha value is -1.08. The average molecular weight is 192 g/mol. The second-order valence-corrected chi connectivity index (χ2v) is 3.60. The van der Waals surface area contributed by atoms with Crippen LogP contribution in [0.4, 0.5) is 0 Å². The highest BCUT2D eigenvalue weighted by Crippen LogP contribution is 2.21. The Bertz CT molecular complexity index is 463. The van der Waals surface area contributed by atoms with Gasteiger partial charge in [0.25, 0.3) is 0 Å². The van der Waals surface area contributed by atoms with Crippen molar-refractivity contribution in [3.8, 4) is 0 Å². The molecule has 2 aromatic rings. The summed E-state index contributed by atoms with van der Waals surface area (Å²) in [6.45, 7) is 4.05. The highest BCUT2D eigenvalue weighted by molar-refractivity contribution is 6.30. The van der Waals surface area contributed by atoms with Crippen LogP contribution >= 0.6 is 11.6 Å². The first-order valence-corrected chi connectivity index (χ1v) is 4.59. The fourth-order valence-corrected chi connectivity index (χ4v) is 1.57. The van der Waals surface area contributed by atoms with Gasteiger partial charge in [-0.25, -0.2) is 4.98 Å². The number of hydrogen-bond acceptors (Lipinski definition) is 1. The molecule has 0 atom stereocenters. The second kappa shape index (κ2) is 3.00. The fourth-order valence-electron chi connectivity index (χ4n) is 1.42. The molecule has 0 aliphatic heterocycles. The Morgan fingerprint density at radius 3 is 2.69 bits per heavy atom. The molecular formula is C11H10ClN. The molecule has 1 nitrogen and oxygen atoms in total. The lowest BCUT2D eigenvalue weighted by atomic mass is 10.1. The number of pyridine rings is 1. The predicted octanol–water partition coefficient (Wildman–Crippen LogP) is 3.51. The van der Waals surface area contributed by atoms with Crippen LogP contribution in [0.15, 0.2) is 24.3 Å². The summed E-state index contributed by atoms with van der Waals surface area (Å²) in [6.07, 6.45) is 0. The molecule has 0 aliphatic carbocycles. The van der Waals surface area contributed by atoms with E-state index in [1.54, 1.807) is 0 Å². The minimum atomic E-state index is 0.595. The van der Waals surface area contributed by atoms with Crippen molar-refractivity contribution in [1.82, 2.24) is 4.98 Å². The van der Waals surface area contributed by atoms with Gasteiger partial charge in [-0.1, -0.05) is 23.7 Å². The lowest BCUT2D eigenvalue weighted by Gasteiger charge is -2.03. The first-order valence-electron chi connectivity index (χ1n) is 4.21. The molecule has 0 aliphatic rings. The van der Waals surface area contributed by atoms with Gasteiger partial charge >= 0.3 is 0 Å². The number of aromatic nitrogens is 1. The summed E-state index contributed by atoms with van der Waals surface area (Å²) in [5.74, 6) is 0. The topological polar surface area (TPSA) is 12.9 Å². The summed E-state index contributed by atoms with van der Waals surface area (Å²) in [4.78, 5) is 4.30. The van der Waals surface area contributed by atoms with Gasteiger partial charge in [-0.05, 0) is 37.1 Å². The molecule has 0 saturated heterocycles. The molecule has 2 rings (SSSR count). The monoisotopic (exact) mass is 191 g/mol. The van der Waals surface area contributed by atoms with Crippen molar-refractivity contribution in [2.24, 2.45) is 0 Å². The smallest absolute Gasteiger partial charge is 0.132 e. The summed E-state index contributed by atoms with van der Waals surface area (Å²) in [6, 6.07) is 8.14. The molecule has 2 heteroatoms.